The minimum atomic E-state index is 0.328. The van der Waals surface area contributed by atoms with Gasteiger partial charge < -0.3 is 10.2 Å². The summed E-state index contributed by atoms with van der Waals surface area (Å²) in [6.07, 6.45) is 8.03. The zero-order chi connectivity index (χ0) is 9.94. The molecule has 0 aromatic heterocycles. The highest BCUT2D eigenvalue weighted by Gasteiger charge is 2.02. The maximum absolute atomic E-state index is 8.93. The van der Waals surface area contributed by atoms with Gasteiger partial charge in [0, 0.05) is 13.2 Å². The Morgan fingerprint density at radius 2 is 1.54 bits per heavy atom. The van der Waals surface area contributed by atoms with Crippen LogP contribution >= 0.6 is 0 Å². The molecule has 0 saturated heterocycles. The lowest BCUT2D eigenvalue weighted by molar-refractivity contribution is 0.211. The highest BCUT2D eigenvalue weighted by Crippen LogP contribution is 2.13. The summed E-state index contributed by atoms with van der Waals surface area (Å²) in [6.45, 7) is 2.80. The zero-order valence-electron chi connectivity index (χ0n) is 8.84. The lowest BCUT2D eigenvalue weighted by Gasteiger charge is -2.10. The predicted octanol–water partition coefficient (Wildman–Crippen LogP) is 2.34. The van der Waals surface area contributed by atoms with Gasteiger partial charge in [-0.15, -0.1) is 0 Å². The molecule has 2 N–H and O–H groups in total. The smallest absolute Gasteiger partial charge is 0.0459 e. The van der Waals surface area contributed by atoms with E-state index in [1.165, 1.54) is 19.3 Å². The fourth-order valence-corrected chi connectivity index (χ4v) is 1.50. The summed E-state index contributed by atoms with van der Waals surface area (Å²) in [6, 6.07) is 0. The Kier molecular flexibility index (Phi) is 9.94. The van der Waals surface area contributed by atoms with Crippen molar-refractivity contribution >= 4 is 0 Å². The van der Waals surface area contributed by atoms with Gasteiger partial charge in [-0.05, 0) is 18.8 Å². The maximum Gasteiger partial charge on any atom is 0.0459 e. The largest absolute Gasteiger partial charge is 0.396 e. The van der Waals surface area contributed by atoms with E-state index < -0.39 is 0 Å². The number of aliphatic hydroxyl groups is 2. The third-order valence-corrected chi connectivity index (χ3v) is 2.61. The molecule has 0 aromatic carbocycles. The van der Waals surface area contributed by atoms with Crippen LogP contribution in [-0.2, 0) is 0 Å². The molecule has 0 aliphatic carbocycles. The van der Waals surface area contributed by atoms with E-state index in [9.17, 15) is 0 Å². The Morgan fingerprint density at radius 3 is 2.08 bits per heavy atom. The highest BCUT2D eigenvalue weighted by molar-refractivity contribution is 4.55. The molecule has 0 radical (unpaired) electrons. The number of unbranched alkanes of at least 4 members (excludes halogenated alkanes) is 4. The van der Waals surface area contributed by atoms with Crippen LogP contribution in [0.3, 0.4) is 0 Å². The predicted molar refractivity (Wildman–Crippen MR) is 55.7 cm³/mol. The molecule has 0 saturated carbocycles. The Hall–Kier alpha value is -0.0800. The first-order valence-electron chi connectivity index (χ1n) is 5.56. The normalized spacial score (nSPS) is 13.2. The number of aliphatic hydroxyl groups excluding tert-OH is 2. The van der Waals surface area contributed by atoms with Crippen LogP contribution in [0.15, 0.2) is 0 Å². The van der Waals surface area contributed by atoms with Gasteiger partial charge in [0.25, 0.3) is 0 Å². The highest BCUT2D eigenvalue weighted by atomic mass is 16.3. The van der Waals surface area contributed by atoms with Crippen LogP contribution in [0.2, 0.25) is 0 Å². The minimum Gasteiger partial charge on any atom is -0.396 e. The number of hydrogen-bond acceptors (Lipinski definition) is 2. The second kappa shape index (κ2) is 10.0. The summed E-state index contributed by atoms with van der Waals surface area (Å²) in [4.78, 5) is 0. The van der Waals surface area contributed by atoms with Crippen molar-refractivity contribution < 1.29 is 10.2 Å². The van der Waals surface area contributed by atoms with E-state index in [-0.39, 0.29) is 0 Å². The molecule has 1 unspecified atom stereocenters. The SMILES string of the molecule is CCC(CO)CCCCCCCO. The first-order chi connectivity index (χ1) is 6.35. The Bertz CT molecular complexity index is 90.1. The molecule has 0 aliphatic heterocycles. The van der Waals surface area contributed by atoms with Gasteiger partial charge in [0.15, 0.2) is 0 Å². The molecule has 0 amide bonds. The van der Waals surface area contributed by atoms with E-state index in [1.54, 1.807) is 0 Å². The molecule has 13 heavy (non-hydrogen) atoms. The first kappa shape index (κ1) is 12.9. The molecule has 0 heterocycles. The van der Waals surface area contributed by atoms with Gasteiger partial charge in [0.05, 0.1) is 0 Å². The van der Waals surface area contributed by atoms with Crippen LogP contribution in [0.5, 0.6) is 0 Å². The summed E-state index contributed by atoms with van der Waals surface area (Å²) in [7, 11) is 0. The van der Waals surface area contributed by atoms with Crippen LogP contribution in [-0.4, -0.2) is 23.4 Å². The summed E-state index contributed by atoms with van der Waals surface area (Å²) in [5.74, 6) is 0.512. The summed E-state index contributed by atoms with van der Waals surface area (Å²) >= 11 is 0. The van der Waals surface area contributed by atoms with Gasteiger partial charge in [-0.2, -0.15) is 0 Å². The first-order valence-corrected chi connectivity index (χ1v) is 5.56. The van der Waals surface area contributed by atoms with Crippen LogP contribution < -0.4 is 0 Å². The lowest BCUT2D eigenvalue weighted by Crippen LogP contribution is -2.03. The molecule has 0 bridgehead atoms. The molecule has 0 spiro atoms. The number of hydrogen-bond donors (Lipinski definition) is 2. The third kappa shape index (κ3) is 8.26. The average Bonchev–Trinajstić information content (AvgIpc) is 2.17. The molecule has 0 aromatic rings. The topological polar surface area (TPSA) is 40.5 Å². The van der Waals surface area contributed by atoms with E-state index in [1.807, 2.05) is 0 Å². The lowest BCUT2D eigenvalue weighted by atomic mass is 9.99. The van der Waals surface area contributed by atoms with Crippen LogP contribution in [0.25, 0.3) is 0 Å². The number of rotatable bonds is 9. The monoisotopic (exact) mass is 188 g/mol. The van der Waals surface area contributed by atoms with E-state index >= 15 is 0 Å². The summed E-state index contributed by atoms with van der Waals surface area (Å²) < 4.78 is 0. The summed E-state index contributed by atoms with van der Waals surface area (Å²) in [5, 5.41) is 17.5. The maximum atomic E-state index is 8.93. The molecule has 2 nitrogen and oxygen atoms in total. The van der Waals surface area contributed by atoms with Gasteiger partial charge in [-0.3, -0.25) is 0 Å². The van der Waals surface area contributed by atoms with Crippen molar-refractivity contribution in [3.05, 3.63) is 0 Å². The Labute approximate surface area is 82.0 Å². The van der Waals surface area contributed by atoms with Crippen molar-refractivity contribution in [2.45, 2.75) is 51.9 Å². The Balaban J connectivity index is 3.05. The van der Waals surface area contributed by atoms with Gasteiger partial charge in [-0.25, -0.2) is 0 Å². The van der Waals surface area contributed by atoms with Gasteiger partial charge >= 0.3 is 0 Å². The van der Waals surface area contributed by atoms with Crippen LogP contribution in [0.4, 0.5) is 0 Å². The molecule has 2 heteroatoms. The second-order valence-corrected chi connectivity index (χ2v) is 3.74. The van der Waals surface area contributed by atoms with E-state index in [0.717, 1.165) is 25.7 Å². The van der Waals surface area contributed by atoms with Crippen LogP contribution in [0, 0.1) is 5.92 Å². The van der Waals surface area contributed by atoms with Crippen molar-refractivity contribution in [3.8, 4) is 0 Å². The van der Waals surface area contributed by atoms with E-state index in [4.69, 9.17) is 10.2 Å². The molecule has 0 fully saturated rings. The molecular weight excluding hydrogens is 164 g/mol. The fraction of sp³-hybridized carbons (Fsp3) is 1.00. The van der Waals surface area contributed by atoms with E-state index in [0.29, 0.717) is 19.1 Å². The molecule has 1 atom stereocenters. The van der Waals surface area contributed by atoms with Crippen molar-refractivity contribution in [1.29, 1.82) is 0 Å². The van der Waals surface area contributed by atoms with Crippen molar-refractivity contribution in [3.63, 3.8) is 0 Å². The molecule has 0 aliphatic rings. The fourth-order valence-electron chi connectivity index (χ4n) is 1.50. The standard InChI is InChI=1S/C11H24O2/c1-2-11(10-13)8-6-4-3-5-7-9-12/h11-13H,2-10H2,1H3. The zero-order valence-corrected chi connectivity index (χ0v) is 8.84. The second-order valence-electron chi connectivity index (χ2n) is 3.74. The van der Waals surface area contributed by atoms with Gasteiger partial charge in [0.2, 0.25) is 0 Å². The quantitative estimate of drug-likeness (QED) is 0.545. The minimum absolute atomic E-state index is 0.328. The Morgan fingerprint density at radius 1 is 0.923 bits per heavy atom. The van der Waals surface area contributed by atoms with Crippen molar-refractivity contribution in [2.24, 2.45) is 5.92 Å². The molecule has 80 valence electrons. The van der Waals surface area contributed by atoms with E-state index in [2.05, 4.69) is 6.92 Å². The molecular formula is C11H24O2. The van der Waals surface area contributed by atoms with Crippen molar-refractivity contribution in [1.82, 2.24) is 0 Å². The van der Waals surface area contributed by atoms with Crippen LogP contribution in [0.1, 0.15) is 51.9 Å². The molecule has 0 rings (SSSR count). The average molecular weight is 188 g/mol. The van der Waals surface area contributed by atoms with Crippen molar-refractivity contribution in [2.75, 3.05) is 13.2 Å². The van der Waals surface area contributed by atoms with Gasteiger partial charge in [0.1, 0.15) is 0 Å². The summed E-state index contributed by atoms with van der Waals surface area (Å²) in [5.41, 5.74) is 0. The van der Waals surface area contributed by atoms with Gasteiger partial charge in [-0.1, -0.05) is 39.0 Å². The third-order valence-electron chi connectivity index (χ3n) is 2.61.